The number of nitrogens with zero attached hydrogens (tertiary/aromatic N) is 1. The van der Waals surface area contributed by atoms with E-state index in [2.05, 4.69) is 13.8 Å². The van der Waals surface area contributed by atoms with Gasteiger partial charge in [-0.05, 0) is 67.6 Å². The van der Waals surface area contributed by atoms with Gasteiger partial charge in [-0.15, -0.1) is 0 Å². The summed E-state index contributed by atoms with van der Waals surface area (Å²) >= 11 is 0. The Morgan fingerprint density at radius 1 is 0.933 bits per heavy atom. The minimum atomic E-state index is -3.45. The van der Waals surface area contributed by atoms with E-state index >= 15 is 0 Å². The lowest BCUT2D eigenvalue weighted by Gasteiger charge is -2.38. The minimum absolute atomic E-state index is 0.0400. The van der Waals surface area contributed by atoms with Gasteiger partial charge in [0.1, 0.15) is 5.78 Å². The fourth-order valence-electron chi connectivity index (χ4n) is 7.45. The summed E-state index contributed by atoms with van der Waals surface area (Å²) in [5, 5.41) is 0. The van der Waals surface area contributed by atoms with Gasteiger partial charge in [0.05, 0.1) is 16.5 Å². The molecule has 0 spiro atoms. The van der Waals surface area contributed by atoms with Gasteiger partial charge in [0, 0.05) is 37.6 Å². The van der Waals surface area contributed by atoms with Gasteiger partial charge >= 0.3 is 0 Å². The molecule has 3 rings (SSSR count). The van der Waals surface area contributed by atoms with Crippen LogP contribution >= 0.6 is 0 Å². The van der Waals surface area contributed by atoms with Gasteiger partial charge in [-0.3, -0.25) is 24.0 Å². The number of carbonyl (C=O) groups excluding carboxylic acids is 5. The van der Waals surface area contributed by atoms with Crippen molar-refractivity contribution in [1.29, 1.82) is 0 Å². The number of sulfone groups is 1. The van der Waals surface area contributed by atoms with Crippen LogP contribution < -0.4 is 5.73 Å². The number of fused-ring (bicyclic) bond motifs is 1. The molecule has 2 aliphatic carbocycles. The van der Waals surface area contributed by atoms with Crippen LogP contribution in [0.3, 0.4) is 0 Å². The standard InChI is InChI=1S/C35H58N2O7S/c1-20(2)23(19-45(43,44)34(6,7)8)15-24(38)17-25(33(3,4)5)32(42)37-18-26-28(35(26,9)10)29(37)27(39)16-22(30(40)31(36)41)14-21-12-11-13-21/h20-23,25-26,28-29H,11-19H2,1-10H3,(H2,36,41)/t22?,23-,25-,26?,28+,29-/m1/s1. The molecule has 256 valence electrons. The third-order valence-electron chi connectivity index (χ3n) is 11.3. The zero-order chi connectivity index (χ0) is 34.4. The Labute approximate surface area is 271 Å². The van der Waals surface area contributed by atoms with Gasteiger partial charge in [0.25, 0.3) is 5.91 Å². The Balaban J connectivity index is 1.82. The van der Waals surface area contributed by atoms with Crippen molar-refractivity contribution < 1.29 is 32.4 Å². The Morgan fingerprint density at radius 2 is 1.51 bits per heavy atom. The topological polar surface area (TPSA) is 149 Å². The molecule has 6 atom stereocenters. The van der Waals surface area contributed by atoms with Crippen LogP contribution in [0.25, 0.3) is 0 Å². The maximum absolute atomic E-state index is 14.3. The highest BCUT2D eigenvalue weighted by atomic mass is 32.2. The number of piperidine rings is 1. The largest absolute Gasteiger partial charge is 0.363 e. The van der Waals surface area contributed by atoms with Crippen LogP contribution in [0.4, 0.5) is 0 Å². The van der Waals surface area contributed by atoms with E-state index in [0.717, 1.165) is 19.3 Å². The molecule has 1 saturated heterocycles. The first-order valence-corrected chi connectivity index (χ1v) is 18.5. The molecular weight excluding hydrogens is 592 g/mol. The van der Waals surface area contributed by atoms with Crippen LogP contribution in [0, 0.1) is 52.3 Å². The van der Waals surface area contributed by atoms with E-state index in [4.69, 9.17) is 5.73 Å². The van der Waals surface area contributed by atoms with Crippen molar-refractivity contribution >= 4 is 39.0 Å². The number of Topliss-reactive ketones (excluding diaryl/α,β-unsaturated/α-hetero) is 3. The molecule has 0 radical (unpaired) electrons. The molecule has 0 aromatic rings. The molecule has 3 fully saturated rings. The summed E-state index contributed by atoms with van der Waals surface area (Å²) in [7, 11) is -3.45. The average molecular weight is 651 g/mol. The predicted octanol–water partition coefficient (Wildman–Crippen LogP) is 4.79. The number of likely N-dealkylation sites (tertiary alicyclic amines) is 1. The Kier molecular flexibility index (Phi) is 10.9. The van der Waals surface area contributed by atoms with E-state index in [1.807, 2.05) is 34.6 Å². The number of carbonyl (C=O) groups is 5. The van der Waals surface area contributed by atoms with Gasteiger partial charge in [-0.25, -0.2) is 8.42 Å². The highest BCUT2D eigenvalue weighted by molar-refractivity contribution is 7.92. The normalized spacial score (nSPS) is 25.2. The second-order valence-corrected chi connectivity index (χ2v) is 20.1. The summed E-state index contributed by atoms with van der Waals surface area (Å²) in [6.45, 7) is 19.1. The van der Waals surface area contributed by atoms with Crippen molar-refractivity contribution in [2.45, 2.75) is 125 Å². The van der Waals surface area contributed by atoms with Crippen molar-refractivity contribution in [2.75, 3.05) is 12.3 Å². The smallest absolute Gasteiger partial charge is 0.285 e. The third kappa shape index (κ3) is 8.25. The number of hydrogen-bond acceptors (Lipinski definition) is 7. The van der Waals surface area contributed by atoms with Crippen molar-refractivity contribution in [1.82, 2.24) is 4.90 Å². The molecule has 2 unspecified atom stereocenters. The monoisotopic (exact) mass is 650 g/mol. The number of rotatable bonds is 15. The number of nitrogens with two attached hydrogens (primary N) is 1. The molecular formula is C35H58N2O7S. The van der Waals surface area contributed by atoms with Gasteiger partial charge in [0.2, 0.25) is 11.7 Å². The minimum Gasteiger partial charge on any atom is -0.363 e. The van der Waals surface area contributed by atoms with Crippen LogP contribution in [0.15, 0.2) is 0 Å². The first-order valence-electron chi connectivity index (χ1n) is 16.8. The van der Waals surface area contributed by atoms with Gasteiger partial charge in [-0.2, -0.15) is 0 Å². The van der Waals surface area contributed by atoms with Gasteiger partial charge in [-0.1, -0.05) is 67.7 Å². The fourth-order valence-corrected chi connectivity index (χ4v) is 9.01. The van der Waals surface area contributed by atoms with E-state index in [1.165, 1.54) is 0 Å². The molecule has 2 N–H and O–H groups in total. The lowest BCUT2D eigenvalue weighted by molar-refractivity contribution is -0.148. The van der Waals surface area contributed by atoms with Gasteiger partial charge in [0.15, 0.2) is 15.6 Å². The molecule has 0 aromatic heterocycles. The first kappa shape index (κ1) is 37.4. The van der Waals surface area contributed by atoms with E-state index in [-0.39, 0.29) is 71.6 Å². The fraction of sp³-hybridized carbons (Fsp3) is 0.857. The summed E-state index contributed by atoms with van der Waals surface area (Å²) in [5.41, 5.74) is 4.64. The van der Waals surface area contributed by atoms with Crippen molar-refractivity contribution in [3.63, 3.8) is 0 Å². The van der Waals surface area contributed by atoms with Crippen LogP contribution in [-0.2, 0) is 33.8 Å². The van der Waals surface area contributed by atoms with E-state index in [9.17, 15) is 32.4 Å². The molecule has 45 heavy (non-hydrogen) atoms. The molecule has 1 heterocycles. The molecule has 0 bridgehead atoms. The van der Waals surface area contributed by atoms with Crippen LogP contribution in [0.5, 0.6) is 0 Å². The number of ketones is 3. The highest BCUT2D eigenvalue weighted by Gasteiger charge is 2.69. The lowest BCUT2D eigenvalue weighted by atomic mass is 9.75. The Hall–Kier alpha value is -2.10. The quantitative estimate of drug-likeness (QED) is 0.251. The van der Waals surface area contributed by atoms with E-state index in [0.29, 0.717) is 18.9 Å². The number of hydrogen-bond donors (Lipinski definition) is 1. The summed E-state index contributed by atoms with van der Waals surface area (Å²) in [6.07, 6.45) is 3.34. The molecule has 2 amide bonds. The highest BCUT2D eigenvalue weighted by Crippen LogP contribution is 2.65. The molecule has 10 heteroatoms. The SMILES string of the molecule is CC(C)[C@H](CC(=O)C[C@H](C(=O)N1CC2[C@@H]([C@H]1C(=O)CC(CC1CCC1)C(=O)C(N)=O)C2(C)C)C(C)(C)C)CS(=O)(=O)C(C)(C)C. The number of amides is 2. The summed E-state index contributed by atoms with van der Waals surface area (Å²) < 4.78 is 25.0. The van der Waals surface area contributed by atoms with Crippen molar-refractivity contribution in [3.05, 3.63) is 0 Å². The molecule has 9 nitrogen and oxygen atoms in total. The number of primary amides is 1. The average Bonchev–Trinajstić information content (AvgIpc) is 3.19. The van der Waals surface area contributed by atoms with Crippen LogP contribution in [0.1, 0.15) is 114 Å². The third-order valence-corrected chi connectivity index (χ3v) is 14.0. The Bertz CT molecular complexity index is 1280. The second-order valence-electron chi connectivity index (χ2n) is 17.3. The molecule has 2 saturated carbocycles. The maximum Gasteiger partial charge on any atom is 0.285 e. The van der Waals surface area contributed by atoms with Crippen LogP contribution in [0.2, 0.25) is 0 Å². The zero-order valence-corrected chi connectivity index (χ0v) is 30.1. The molecule has 0 aromatic carbocycles. The van der Waals surface area contributed by atoms with Crippen LogP contribution in [-0.4, -0.2) is 65.6 Å². The van der Waals surface area contributed by atoms with Crippen molar-refractivity contribution in [3.8, 4) is 0 Å². The maximum atomic E-state index is 14.3. The lowest BCUT2D eigenvalue weighted by Crippen LogP contribution is -2.51. The first-order chi connectivity index (χ1) is 20.4. The zero-order valence-electron chi connectivity index (χ0n) is 29.3. The summed E-state index contributed by atoms with van der Waals surface area (Å²) in [4.78, 5) is 68.2. The van der Waals surface area contributed by atoms with Crippen molar-refractivity contribution in [2.24, 2.45) is 58.0 Å². The summed E-state index contributed by atoms with van der Waals surface area (Å²) in [5.74, 6) is -3.99. The van der Waals surface area contributed by atoms with E-state index < -0.39 is 49.6 Å². The Morgan fingerprint density at radius 3 is 1.96 bits per heavy atom. The molecule has 1 aliphatic heterocycles. The second kappa shape index (κ2) is 13.2. The molecule has 3 aliphatic rings. The predicted molar refractivity (Wildman–Crippen MR) is 175 cm³/mol. The van der Waals surface area contributed by atoms with Gasteiger partial charge < -0.3 is 10.6 Å². The summed E-state index contributed by atoms with van der Waals surface area (Å²) in [6, 6.07) is -0.720. The van der Waals surface area contributed by atoms with E-state index in [1.54, 1.807) is 25.7 Å².